The molecule has 2 aromatic heterocycles. The van der Waals surface area contributed by atoms with E-state index >= 15 is 0 Å². The fourth-order valence-electron chi connectivity index (χ4n) is 4.03. The highest BCUT2D eigenvalue weighted by molar-refractivity contribution is 7.90. The Morgan fingerprint density at radius 3 is 2.67 bits per heavy atom. The molecule has 3 heterocycles. The Kier molecular flexibility index (Phi) is 6.61. The first-order chi connectivity index (χ1) is 17.4. The van der Waals surface area contributed by atoms with Gasteiger partial charge in [0.05, 0.1) is 47.7 Å². The maximum absolute atomic E-state index is 12.3. The van der Waals surface area contributed by atoms with Gasteiger partial charge in [0.2, 0.25) is 5.95 Å². The van der Waals surface area contributed by atoms with Gasteiger partial charge in [0, 0.05) is 31.1 Å². The van der Waals surface area contributed by atoms with E-state index in [-0.39, 0.29) is 4.90 Å². The summed E-state index contributed by atoms with van der Waals surface area (Å²) in [7, 11) is -3.45. The van der Waals surface area contributed by atoms with E-state index in [0.717, 1.165) is 18.8 Å². The Labute approximate surface area is 208 Å². The van der Waals surface area contributed by atoms with E-state index in [1.165, 1.54) is 6.26 Å². The molecule has 11 nitrogen and oxygen atoms in total. The minimum absolute atomic E-state index is 0.173. The lowest BCUT2D eigenvalue weighted by atomic mass is 10.2. The average Bonchev–Trinajstić information content (AvgIpc) is 3.35. The summed E-state index contributed by atoms with van der Waals surface area (Å²) in [6, 6.07) is 12.6. The van der Waals surface area contributed by atoms with Gasteiger partial charge in [-0.1, -0.05) is 12.1 Å². The van der Waals surface area contributed by atoms with E-state index in [1.807, 2.05) is 25.1 Å². The van der Waals surface area contributed by atoms with Crippen LogP contribution in [0.2, 0.25) is 0 Å². The zero-order valence-electron chi connectivity index (χ0n) is 20.0. The molecule has 1 saturated heterocycles. The highest BCUT2D eigenvalue weighted by Gasteiger charge is 2.18. The molecule has 0 saturated carbocycles. The number of para-hydroxylation sites is 1. The molecule has 0 amide bonds. The normalized spacial score (nSPS) is 14.1. The zero-order valence-corrected chi connectivity index (χ0v) is 20.8. The molecule has 0 atom stereocenters. The number of nitrogens with one attached hydrogen (secondary N) is 3. The SMILES string of the molecule is CCOc1cc(N2CCOCC2)ccc1Nc1nc(Nc2ccccc2S(C)(=O)=O)c2cn[nH]c2n1. The zero-order chi connectivity index (χ0) is 25.1. The van der Waals surface area contributed by atoms with Gasteiger partial charge in [0.25, 0.3) is 0 Å². The first-order valence-corrected chi connectivity index (χ1v) is 13.5. The second kappa shape index (κ2) is 9.99. The molecule has 0 spiro atoms. The van der Waals surface area contributed by atoms with Crippen molar-refractivity contribution in [2.24, 2.45) is 0 Å². The second-order valence-corrected chi connectivity index (χ2v) is 10.2. The summed E-state index contributed by atoms with van der Waals surface area (Å²) >= 11 is 0. The van der Waals surface area contributed by atoms with E-state index in [0.29, 0.717) is 59.7 Å². The highest BCUT2D eigenvalue weighted by Crippen LogP contribution is 2.34. The molecular formula is C24H27N7O4S. The van der Waals surface area contributed by atoms with Crippen molar-refractivity contribution in [1.29, 1.82) is 0 Å². The lowest BCUT2D eigenvalue weighted by molar-refractivity contribution is 0.122. The van der Waals surface area contributed by atoms with Crippen molar-refractivity contribution in [3.63, 3.8) is 0 Å². The predicted octanol–water partition coefficient (Wildman–Crippen LogP) is 3.48. The number of hydrogen-bond acceptors (Lipinski definition) is 10. The number of nitrogens with zero attached hydrogens (tertiary/aromatic N) is 4. The van der Waals surface area contributed by atoms with Crippen LogP contribution >= 0.6 is 0 Å². The molecule has 4 aromatic rings. The van der Waals surface area contributed by atoms with E-state index in [1.54, 1.807) is 30.5 Å². The van der Waals surface area contributed by atoms with Gasteiger partial charge in [0.1, 0.15) is 11.6 Å². The van der Waals surface area contributed by atoms with Crippen molar-refractivity contribution < 1.29 is 17.9 Å². The molecule has 3 N–H and O–H groups in total. The van der Waals surface area contributed by atoms with Crippen molar-refractivity contribution in [2.45, 2.75) is 11.8 Å². The molecule has 36 heavy (non-hydrogen) atoms. The minimum Gasteiger partial charge on any atom is -0.492 e. The molecule has 2 aromatic carbocycles. The number of anilines is 5. The number of fused-ring (bicyclic) bond motifs is 1. The number of morpholine rings is 1. The molecular weight excluding hydrogens is 482 g/mol. The van der Waals surface area contributed by atoms with Gasteiger partial charge in [0.15, 0.2) is 15.5 Å². The first-order valence-electron chi connectivity index (χ1n) is 11.6. The maximum Gasteiger partial charge on any atom is 0.231 e. The summed E-state index contributed by atoms with van der Waals surface area (Å²) < 4.78 is 35.9. The van der Waals surface area contributed by atoms with Gasteiger partial charge < -0.3 is 25.0 Å². The van der Waals surface area contributed by atoms with Gasteiger partial charge in [-0.15, -0.1) is 0 Å². The van der Waals surface area contributed by atoms with Crippen LogP contribution in [-0.2, 0) is 14.6 Å². The average molecular weight is 510 g/mol. The lowest BCUT2D eigenvalue weighted by Crippen LogP contribution is -2.36. The topological polar surface area (TPSA) is 134 Å². The van der Waals surface area contributed by atoms with Crippen LogP contribution in [0.15, 0.2) is 53.6 Å². The third-order valence-electron chi connectivity index (χ3n) is 5.74. The smallest absolute Gasteiger partial charge is 0.231 e. The van der Waals surface area contributed by atoms with Gasteiger partial charge >= 0.3 is 0 Å². The van der Waals surface area contributed by atoms with Crippen LogP contribution in [0, 0.1) is 0 Å². The predicted molar refractivity (Wildman–Crippen MR) is 138 cm³/mol. The number of ether oxygens (including phenoxy) is 2. The lowest BCUT2D eigenvalue weighted by Gasteiger charge is -2.29. The van der Waals surface area contributed by atoms with Crippen molar-refractivity contribution in [2.75, 3.05) is 54.7 Å². The molecule has 0 unspecified atom stereocenters. The second-order valence-electron chi connectivity index (χ2n) is 8.26. The van der Waals surface area contributed by atoms with Crippen LogP contribution in [0.4, 0.5) is 28.8 Å². The van der Waals surface area contributed by atoms with Crippen LogP contribution in [0.5, 0.6) is 5.75 Å². The molecule has 1 fully saturated rings. The van der Waals surface area contributed by atoms with Crippen molar-refractivity contribution >= 4 is 49.7 Å². The Hall–Kier alpha value is -3.90. The van der Waals surface area contributed by atoms with Gasteiger partial charge in [-0.2, -0.15) is 15.1 Å². The molecule has 0 radical (unpaired) electrons. The third kappa shape index (κ3) is 5.04. The highest BCUT2D eigenvalue weighted by atomic mass is 32.2. The summed E-state index contributed by atoms with van der Waals surface area (Å²) in [4.78, 5) is 11.6. The minimum atomic E-state index is -3.45. The Morgan fingerprint density at radius 2 is 1.89 bits per heavy atom. The van der Waals surface area contributed by atoms with Crippen molar-refractivity contribution in [1.82, 2.24) is 20.2 Å². The number of H-pyrrole nitrogens is 1. The van der Waals surface area contributed by atoms with Crippen LogP contribution in [0.25, 0.3) is 11.0 Å². The fourth-order valence-corrected chi connectivity index (χ4v) is 4.88. The Bertz CT molecular complexity index is 1480. The maximum atomic E-state index is 12.3. The van der Waals surface area contributed by atoms with Gasteiger partial charge in [-0.05, 0) is 31.2 Å². The van der Waals surface area contributed by atoms with E-state index in [4.69, 9.17) is 9.47 Å². The van der Waals surface area contributed by atoms with Crippen LogP contribution in [-0.4, -0.2) is 67.7 Å². The standard InChI is InChI=1S/C24H27N7O4S/c1-3-35-20-14-16(31-10-12-34-13-11-31)8-9-18(20)27-24-28-22(17-15-25-30-23(17)29-24)26-19-6-4-5-7-21(19)36(2,32)33/h4-9,14-15H,3,10-13H2,1-2H3,(H3,25,26,27,28,29,30). The van der Waals surface area contributed by atoms with Crippen LogP contribution in [0.1, 0.15) is 6.92 Å². The number of aromatic nitrogens is 4. The van der Waals surface area contributed by atoms with Crippen molar-refractivity contribution in [3.8, 4) is 5.75 Å². The Morgan fingerprint density at radius 1 is 1.08 bits per heavy atom. The van der Waals surface area contributed by atoms with Gasteiger partial charge in [-0.25, -0.2) is 8.42 Å². The van der Waals surface area contributed by atoms with Crippen LogP contribution in [0.3, 0.4) is 0 Å². The van der Waals surface area contributed by atoms with Crippen LogP contribution < -0.4 is 20.3 Å². The quantitative estimate of drug-likeness (QED) is 0.324. The number of sulfone groups is 1. The first kappa shape index (κ1) is 23.8. The molecule has 188 valence electrons. The summed E-state index contributed by atoms with van der Waals surface area (Å²) in [5, 5.41) is 14.0. The molecule has 0 aliphatic carbocycles. The van der Waals surface area contributed by atoms with Gasteiger partial charge in [-0.3, -0.25) is 5.10 Å². The van der Waals surface area contributed by atoms with Crippen molar-refractivity contribution in [3.05, 3.63) is 48.7 Å². The van der Waals surface area contributed by atoms with E-state index < -0.39 is 9.84 Å². The number of hydrogen-bond donors (Lipinski definition) is 3. The largest absolute Gasteiger partial charge is 0.492 e. The fraction of sp³-hybridized carbons (Fsp3) is 0.292. The molecule has 1 aliphatic rings. The Balaban J connectivity index is 1.49. The van der Waals surface area contributed by atoms with E-state index in [9.17, 15) is 8.42 Å². The number of aromatic amines is 1. The summed E-state index contributed by atoms with van der Waals surface area (Å²) in [5.74, 6) is 1.38. The molecule has 0 bridgehead atoms. The summed E-state index contributed by atoms with van der Waals surface area (Å²) in [6.07, 6.45) is 2.76. The third-order valence-corrected chi connectivity index (χ3v) is 6.89. The molecule has 1 aliphatic heterocycles. The monoisotopic (exact) mass is 509 g/mol. The summed E-state index contributed by atoms with van der Waals surface area (Å²) in [6.45, 7) is 5.46. The summed E-state index contributed by atoms with van der Waals surface area (Å²) in [5.41, 5.74) is 2.67. The number of rotatable bonds is 8. The number of benzene rings is 2. The van der Waals surface area contributed by atoms with E-state index in [2.05, 4.69) is 35.7 Å². The molecule has 5 rings (SSSR count). The molecule has 12 heteroatoms.